The van der Waals surface area contributed by atoms with Crippen molar-refractivity contribution in [1.82, 2.24) is 0 Å². The molecule has 0 unspecified atom stereocenters. The molecule has 0 radical (unpaired) electrons. The van der Waals surface area contributed by atoms with E-state index in [1.807, 2.05) is 0 Å². The zero-order chi connectivity index (χ0) is 13.5. The molecule has 0 atom stereocenters. The molecule has 1 heteroatoms. The Bertz CT molecular complexity index is 441. The van der Waals surface area contributed by atoms with Crippen molar-refractivity contribution in [2.45, 2.75) is 53.4 Å². The molecule has 1 aromatic rings. The standard InChI is InChI=1S/C17H24O/c1-13-10-8-12-17(16(13)4)14(2)9-6-5-7-11-15(3)18/h8-10,12H,5-7,11H2,1-4H3. The number of benzene rings is 1. The van der Waals surface area contributed by atoms with Crippen LogP contribution in [0, 0.1) is 13.8 Å². The Labute approximate surface area is 111 Å². The Morgan fingerprint density at radius 3 is 2.56 bits per heavy atom. The van der Waals surface area contributed by atoms with Crippen LogP contribution in [0.15, 0.2) is 24.3 Å². The molecule has 0 saturated heterocycles. The van der Waals surface area contributed by atoms with Gasteiger partial charge in [0.25, 0.3) is 0 Å². The maximum Gasteiger partial charge on any atom is 0.129 e. The van der Waals surface area contributed by atoms with Crippen LogP contribution in [0.2, 0.25) is 0 Å². The highest BCUT2D eigenvalue weighted by Crippen LogP contribution is 2.21. The summed E-state index contributed by atoms with van der Waals surface area (Å²) in [6.45, 7) is 8.17. The predicted molar refractivity (Wildman–Crippen MR) is 78.7 cm³/mol. The summed E-state index contributed by atoms with van der Waals surface area (Å²) in [5.74, 6) is 0.297. The number of allylic oxidation sites excluding steroid dienone is 2. The Hall–Kier alpha value is -1.37. The first kappa shape index (κ1) is 14.7. The minimum Gasteiger partial charge on any atom is -0.300 e. The molecule has 0 aliphatic rings. The largest absolute Gasteiger partial charge is 0.300 e. The number of aryl methyl sites for hydroxylation is 1. The van der Waals surface area contributed by atoms with Crippen LogP contribution in [0.4, 0.5) is 0 Å². The lowest BCUT2D eigenvalue weighted by Gasteiger charge is -2.09. The molecule has 0 aromatic heterocycles. The maximum absolute atomic E-state index is 10.8. The number of unbranched alkanes of at least 4 members (excludes halogenated alkanes) is 2. The van der Waals surface area contributed by atoms with Crippen molar-refractivity contribution in [1.29, 1.82) is 0 Å². The van der Waals surface area contributed by atoms with E-state index >= 15 is 0 Å². The average Bonchev–Trinajstić information content (AvgIpc) is 2.31. The highest BCUT2D eigenvalue weighted by molar-refractivity contribution is 5.75. The molecular formula is C17H24O. The van der Waals surface area contributed by atoms with Gasteiger partial charge in [0.2, 0.25) is 0 Å². The Morgan fingerprint density at radius 2 is 1.89 bits per heavy atom. The summed E-state index contributed by atoms with van der Waals surface area (Å²) < 4.78 is 0. The van der Waals surface area contributed by atoms with Crippen molar-refractivity contribution < 1.29 is 4.79 Å². The smallest absolute Gasteiger partial charge is 0.129 e. The van der Waals surface area contributed by atoms with Gasteiger partial charge < -0.3 is 4.79 Å². The molecule has 0 spiro atoms. The predicted octanol–water partition coefficient (Wildman–Crippen LogP) is 4.86. The quantitative estimate of drug-likeness (QED) is 0.653. The highest BCUT2D eigenvalue weighted by Gasteiger charge is 2.02. The van der Waals surface area contributed by atoms with Gasteiger partial charge in [0.15, 0.2) is 0 Å². The fourth-order valence-corrected chi connectivity index (χ4v) is 2.13. The lowest BCUT2D eigenvalue weighted by Crippen LogP contribution is -1.90. The lowest BCUT2D eigenvalue weighted by molar-refractivity contribution is -0.117. The van der Waals surface area contributed by atoms with Gasteiger partial charge in [-0.15, -0.1) is 0 Å². The van der Waals surface area contributed by atoms with Crippen molar-refractivity contribution in [2.24, 2.45) is 0 Å². The molecule has 0 saturated carbocycles. The van der Waals surface area contributed by atoms with E-state index in [9.17, 15) is 4.79 Å². The summed E-state index contributed by atoms with van der Waals surface area (Å²) in [4.78, 5) is 10.8. The van der Waals surface area contributed by atoms with E-state index in [0.29, 0.717) is 5.78 Å². The number of hydrogen-bond donors (Lipinski definition) is 0. The first-order valence-electron chi connectivity index (χ1n) is 6.75. The van der Waals surface area contributed by atoms with Crippen LogP contribution in [0.5, 0.6) is 0 Å². The molecule has 0 N–H and O–H groups in total. The second-order valence-corrected chi connectivity index (χ2v) is 5.08. The summed E-state index contributed by atoms with van der Waals surface area (Å²) in [5, 5.41) is 0. The SMILES string of the molecule is CC(=O)CCCCC=C(C)c1cccc(C)c1C. The summed E-state index contributed by atoms with van der Waals surface area (Å²) in [5.41, 5.74) is 5.41. The first-order valence-corrected chi connectivity index (χ1v) is 6.75. The number of carbonyl (C=O) groups is 1. The molecule has 1 nitrogen and oxygen atoms in total. The molecule has 0 amide bonds. The van der Waals surface area contributed by atoms with Gasteiger partial charge in [-0.1, -0.05) is 24.3 Å². The van der Waals surface area contributed by atoms with Crippen molar-refractivity contribution in [3.05, 3.63) is 41.0 Å². The summed E-state index contributed by atoms with van der Waals surface area (Å²) in [6.07, 6.45) is 6.18. The van der Waals surface area contributed by atoms with Gasteiger partial charge in [-0.25, -0.2) is 0 Å². The molecule has 0 aliphatic heterocycles. The summed E-state index contributed by atoms with van der Waals surface area (Å²) in [7, 11) is 0. The van der Waals surface area contributed by atoms with Gasteiger partial charge in [-0.05, 0) is 69.2 Å². The number of rotatable bonds is 6. The minimum atomic E-state index is 0.297. The van der Waals surface area contributed by atoms with E-state index in [2.05, 4.69) is 45.0 Å². The second-order valence-electron chi connectivity index (χ2n) is 5.08. The summed E-state index contributed by atoms with van der Waals surface area (Å²) in [6, 6.07) is 6.45. The van der Waals surface area contributed by atoms with Crippen LogP contribution in [0.25, 0.3) is 5.57 Å². The number of ketones is 1. The van der Waals surface area contributed by atoms with Gasteiger partial charge in [-0.2, -0.15) is 0 Å². The monoisotopic (exact) mass is 244 g/mol. The van der Waals surface area contributed by atoms with E-state index in [1.165, 1.54) is 22.3 Å². The van der Waals surface area contributed by atoms with E-state index in [0.717, 1.165) is 25.7 Å². The van der Waals surface area contributed by atoms with Crippen molar-refractivity contribution >= 4 is 11.4 Å². The number of hydrogen-bond acceptors (Lipinski definition) is 1. The third-order valence-electron chi connectivity index (χ3n) is 3.46. The highest BCUT2D eigenvalue weighted by atomic mass is 16.1. The fourth-order valence-electron chi connectivity index (χ4n) is 2.13. The average molecular weight is 244 g/mol. The van der Waals surface area contributed by atoms with Crippen LogP contribution in [-0.4, -0.2) is 5.78 Å². The fraction of sp³-hybridized carbons (Fsp3) is 0.471. The molecule has 0 aliphatic carbocycles. The van der Waals surface area contributed by atoms with Crippen LogP contribution in [-0.2, 0) is 4.79 Å². The van der Waals surface area contributed by atoms with E-state index in [4.69, 9.17) is 0 Å². The molecule has 98 valence electrons. The van der Waals surface area contributed by atoms with E-state index in [1.54, 1.807) is 6.92 Å². The zero-order valence-electron chi connectivity index (χ0n) is 12.0. The third kappa shape index (κ3) is 4.48. The minimum absolute atomic E-state index is 0.297. The van der Waals surface area contributed by atoms with Gasteiger partial charge in [0.1, 0.15) is 5.78 Å². The molecule has 0 fully saturated rings. The molecule has 18 heavy (non-hydrogen) atoms. The second kappa shape index (κ2) is 7.15. The molecule has 1 rings (SSSR count). The maximum atomic E-state index is 10.8. The Morgan fingerprint density at radius 1 is 1.17 bits per heavy atom. The molecule has 0 heterocycles. The Balaban J connectivity index is 2.55. The topological polar surface area (TPSA) is 17.1 Å². The zero-order valence-corrected chi connectivity index (χ0v) is 12.0. The summed E-state index contributed by atoms with van der Waals surface area (Å²) >= 11 is 0. The van der Waals surface area contributed by atoms with Crippen LogP contribution >= 0.6 is 0 Å². The first-order chi connectivity index (χ1) is 8.52. The van der Waals surface area contributed by atoms with Gasteiger partial charge in [0, 0.05) is 6.42 Å². The molecule has 0 bridgehead atoms. The van der Waals surface area contributed by atoms with E-state index < -0.39 is 0 Å². The van der Waals surface area contributed by atoms with Gasteiger partial charge in [-0.3, -0.25) is 0 Å². The number of Topliss-reactive ketones (excluding diaryl/α,β-unsaturated/α-hetero) is 1. The van der Waals surface area contributed by atoms with Crippen molar-refractivity contribution in [3.63, 3.8) is 0 Å². The molecular weight excluding hydrogens is 220 g/mol. The Kier molecular flexibility index (Phi) is 5.84. The van der Waals surface area contributed by atoms with E-state index in [-0.39, 0.29) is 0 Å². The van der Waals surface area contributed by atoms with Crippen LogP contribution < -0.4 is 0 Å². The third-order valence-corrected chi connectivity index (χ3v) is 3.46. The van der Waals surface area contributed by atoms with Crippen LogP contribution in [0.1, 0.15) is 56.2 Å². The van der Waals surface area contributed by atoms with Gasteiger partial charge >= 0.3 is 0 Å². The normalized spacial score (nSPS) is 11.7. The van der Waals surface area contributed by atoms with Crippen LogP contribution in [0.3, 0.4) is 0 Å². The van der Waals surface area contributed by atoms with Gasteiger partial charge in [0.05, 0.1) is 0 Å². The lowest BCUT2D eigenvalue weighted by atomic mass is 9.97. The molecule has 1 aromatic carbocycles. The number of carbonyl (C=O) groups excluding carboxylic acids is 1. The van der Waals surface area contributed by atoms with Crippen molar-refractivity contribution in [2.75, 3.05) is 0 Å². The van der Waals surface area contributed by atoms with Crippen molar-refractivity contribution in [3.8, 4) is 0 Å².